The normalized spacial score (nSPS) is 10.8. The molecule has 0 saturated carbocycles. The highest BCUT2D eigenvalue weighted by Crippen LogP contribution is 2.22. The van der Waals surface area contributed by atoms with Crippen LogP contribution < -0.4 is 0 Å². The maximum atomic E-state index is 11.4. The van der Waals surface area contributed by atoms with Gasteiger partial charge in [0.25, 0.3) is 0 Å². The molecule has 0 bridgehead atoms. The molecular formula is C9H11BrO2S. The van der Waals surface area contributed by atoms with Crippen molar-refractivity contribution in [3.05, 3.63) is 20.8 Å². The second kappa shape index (κ2) is 4.88. The van der Waals surface area contributed by atoms with E-state index in [1.54, 1.807) is 6.07 Å². The first-order chi connectivity index (χ1) is 6.09. The van der Waals surface area contributed by atoms with Crippen molar-refractivity contribution in [3.8, 4) is 0 Å². The van der Waals surface area contributed by atoms with E-state index >= 15 is 0 Å². The van der Waals surface area contributed by atoms with Gasteiger partial charge in [-0.1, -0.05) is 0 Å². The third-order valence-corrected chi connectivity index (χ3v) is 3.06. The summed E-state index contributed by atoms with van der Waals surface area (Å²) < 4.78 is 6.18. The number of hydrogen-bond donors (Lipinski definition) is 0. The number of hydrogen-bond acceptors (Lipinski definition) is 3. The summed E-state index contributed by atoms with van der Waals surface area (Å²) in [6, 6.07) is 3.67. The van der Waals surface area contributed by atoms with Crippen molar-refractivity contribution in [2.75, 3.05) is 6.61 Å². The fourth-order valence-electron chi connectivity index (χ4n) is 0.778. The van der Waals surface area contributed by atoms with E-state index in [9.17, 15) is 4.79 Å². The first-order valence-electron chi connectivity index (χ1n) is 3.99. The lowest BCUT2D eigenvalue weighted by molar-refractivity contribution is 0.0588. The second-order valence-corrected chi connectivity index (χ2v) is 5.35. The minimum absolute atomic E-state index is 0.0457. The minimum atomic E-state index is 0.0457. The molecule has 1 heterocycles. The molecule has 0 fully saturated rings. The fraction of sp³-hybridized carbons (Fsp3) is 0.444. The molecule has 0 N–H and O–H groups in total. The van der Waals surface area contributed by atoms with Crippen LogP contribution in [0.15, 0.2) is 15.9 Å². The van der Waals surface area contributed by atoms with Crippen LogP contribution in [0.25, 0.3) is 0 Å². The molecule has 0 saturated heterocycles. The van der Waals surface area contributed by atoms with Crippen LogP contribution in [0, 0.1) is 0 Å². The Kier molecular flexibility index (Phi) is 4.09. The monoisotopic (exact) mass is 262 g/mol. The van der Waals surface area contributed by atoms with Gasteiger partial charge < -0.3 is 4.74 Å². The van der Waals surface area contributed by atoms with Crippen LogP contribution in [-0.2, 0) is 4.74 Å². The highest BCUT2D eigenvalue weighted by Gasteiger charge is 2.09. The van der Waals surface area contributed by atoms with Crippen LogP contribution in [0.4, 0.5) is 0 Å². The number of ether oxygens (including phenoxy) is 1. The minimum Gasteiger partial charge on any atom is -0.371 e. The highest BCUT2D eigenvalue weighted by atomic mass is 79.9. The van der Waals surface area contributed by atoms with Crippen LogP contribution >= 0.6 is 27.3 Å². The molecule has 0 aliphatic carbocycles. The van der Waals surface area contributed by atoms with Crippen LogP contribution in [-0.4, -0.2) is 18.5 Å². The molecule has 0 spiro atoms. The van der Waals surface area contributed by atoms with Crippen molar-refractivity contribution in [2.45, 2.75) is 20.0 Å². The van der Waals surface area contributed by atoms with E-state index < -0.39 is 0 Å². The molecular weight excluding hydrogens is 252 g/mol. The van der Waals surface area contributed by atoms with Gasteiger partial charge in [0, 0.05) is 0 Å². The zero-order valence-electron chi connectivity index (χ0n) is 7.54. The molecule has 0 aliphatic heterocycles. The van der Waals surface area contributed by atoms with Gasteiger partial charge in [-0.15, -0.1) is 11.3 Å². The Balaban J connectivity index is 2.49. The zero-order valence-corrected chi connectivity index (χ0v) is 9.94. The average molecular weight is 263 g/mol. The Morgan fingerprint density at radius 3 is 2.77 bits per heavy atom. The first-order valence-corrected chi connectivity index (χ1v) is 5.60. The molecule has 1 aromatic rings. The van der Waals surface area contributed by atoms with Gasteiger partial charge in [0.05, 0.1) is 14.8 Å². The maximum Gasteiger partial charge on any atom is 0.198 e. The summed E-state index contributed by atoms with van der Waals surface area (Å²) in [5, 5.41) is 0. The number of rotatable bonds is 4. The Bertz CT molecular complexity index is 294. The van der Waals surface area contributed by atoms with Gasteiger partial charge in [0.15, 0.2) is 5.78 Å². The van der Waals surface area contributed by atoms with Crippen LogP contribution in [0.5, 0.6) is 0 Å². The van der Waals surface area contributed by atoms with E-state index in [-0.39, 0.29) is 18.5 Å². The topological polar surface area (TPSA) is 26.3 Å². The molecule has 0 aromatic carbocycles. The number of carbonyl (C=O) groups excluding carboxylic acids is 1. The Labute approximate surface area is 90.0 Å². The lowest BCUT2D eigenvalue weighted by Gasteiger charge is -2.04. The second-order valence-electron chi connectivity index (χ2n) is 2.89. The van der Waals surface area contributed by atoms with E-state index in [0.29, 0.717) is 0 Å². The van der Waals surface area contributed by atoms with E-state index in [1.165, 1.54) is 11.3 Å². The van der Waals surface area contributed by atoms with Crippen molar-refractivity contribution in [1.29, 1.82) is 0 Å². The third kappa shape index (κ3) is 3.58. The smallest absolute Gasteiger partial charge is 0.198 e. The first kappa shape index (κ1) is 10.9. The van der Waals surface area contributed by atoms with E-state index in [2.05, 4.69) is 15.9 Å². The van der Waals surface area contributed by atoms with E-state index in [4.69, 9.17) is 4.74 Å². The zero-order chi connectivity index (χ0) is 9.84. The molecule has 0 atom stereocenters. The van der Waals surface area contributed by atoms with Crippen LogP contribution in [0.3, 0.4) is 0 Å². The summed E-state index contributed by atoms with van der Waals surface area (Å²) in [5.41, 5.74) is 0. The maximum absolute atomic E-state index is 11.4. The lowest BCUT2D eigenvalue weighted by Crippen LogP contribution is -2.12. The summed E-state index contributed by atoms with van der Waals surface area (Å²) in [5.74, 6) is 0.0457. The van der Waals surface area contributed by atoms with Gasteiger partial charge in [-0.25, -0.2) is 0 Å². The van der Waals surface area contributed by atoms with Gasteiger partial charge in [-0.3, -0.25) is 4.79 Å². The summed E-state index contributed by atoms with van der Waals surface area (Å²) in [4.78, 5) is 12.2. The molecule has 0 unspecified atom stereocenters. The average Bonchev–Trinajstić information content (AvgIpc) is 2.47. The van der Waals surface area contributed by atoms with Crippen LogP contribution in [0.1, 0.15) is 23.5 Å². The molecule has 72 valence electrons. The highest BCUT2D eigenvalue weighted by molar-refractivity contribution is 9.11. The summed E-state index contributed by atoms with van der Waals surface area (Å²) >= 11 is 4.74. The van der Waals surface area contributed by atoms with Crippen molar-refractivity contribution in [1.82, 2.24) is 0 Å². The van der Waals surface area contributed by atoms with E-state index in [0.717, 1.165) is 8.66 Å². The van der Waals surface area contributed by atoms with Crippen molar-refractivity contribution in [3.63, 3.8) is 0 Å². The Morgan fingerprint density at radius 2 is 2.31 bits per heavy atom. The SMILES string of the molecule is CC(C)OCC(=O)c1ccc(Br)s1. The van der Waals surface area contributed by atoms with Crippen molar-refractivity contribution >= 4 is 33.0 Å². The largest absolute Gasteiger partial charge is 0.371 e. The molecule has 0 radical (unpaired) electrons. The van der Waals surface area contributed by atoms with Crippen molar-refractivity contribution in [2.24, 2.45) is 0 Å². The number of carbonyl (C=O) groups is 1. The quantitative estimate of drug-likeness (QED) is 0.780. The summed E-state index contributed by atoms with van der Waals surface area (Å²) in [6.07, 6.45) is 0.104. The lowest BCUT2D eigenvalue weighted by atomic mass is 10.3. The molecule has 1 aromatic heterocycles. The van der Waals surface area contributed by atoms with Gasteiger partial charge in [0.1, 0.15) is 6.61 Å². The molecule has 2 nitrogen and oxygen atoms in total. The molecule has 13 heavy (non-hydrogen) atoms. The van der Waals surface area contributed by atoms with E-state index in [1.807, 2.05) is 19.9 Å². The van der Waals surface area contributed by atoms with Gasteiger partial charge >= 0.3 is 0 Å². The predicted molar refractivity (Wildman–Crippen MR) is 57.4 cm³/mol. The fourth-order valence-corrected chi connectivity index (χ4v) is 2.09. The summed E-state index contributed by atoms with van der Waals surface area (Å²) in [6.45, 7) is 4.00. The number of ketones is 1. The van der Waals surface area contributed by atoms with Gasteiger partial charge in [-0.2, -0.15) is 0 Å². The number of Topliss-reactive ketones (excluding diaryl/α,β-unsaturated/α-hetero) is 1. The van der Waals surface area contributed by atoms with Crippen molar-refractivity contribution < 1.29 is 9.53 Å². The van der Waals surface area contributed by atoms with Crippen LogP contribution in [0.2, 0.25) is 0 Å². The molecule has 1 rings (SSSR count). The Morgan fingerprint density at radius 1 is 1.62 bits per heavy atom. The third-order valence-electron chi connectivity index (χ3n) is 1.40. The molecule has 4 heteroatoms. The standard InChI is InChI=1S/C9H11BrO2S/c1-6(2)12-5-7(11)8-3-4-9(10)13-8/h3-4,6H,5H2,1-2H3. The predicted octanol–water partition coefficient (Wildman–Crippen LogP) is 3.12. The molecule has 0 aliphatic rings. The van der Waals surface area contributed by atoms with Gasteiger partial charge in [0.2, 0.25) is 0 Å². The number of halogens is 1. The number of thiophene rings is 1. The molecule has 0 amide bonds. The summed E-state index contributed by atoms with van der Waals surface area (Å²) in [7, 11) is 0. The Hall–Kier alpha value is -0.190. The van der Waals surface area contributed by atoms with Gasteiger partial charge in [-0.05, 0) is 41.9 Å².